The molecule has 4 rings (SSSR count). The van der Waals surface area contributed by atoms with Crippen molar-refractivity contribution in [2.45, 2.75) is 12.6 Å². The first-order valence-electron chi connectivity index (χ1n) is 8.83. The number of aliphatic imine (C=N–C) groups is 1. The van der Waals surface area contributed by atoms with Crippen molar-refractivity contribution >= 4 is 34.8 Å². The topological polar surface area (TPSA) is 27.6 Å². The van der Waals surface area contributed by atoms with Crippen LogP contribution in [0.1, 0.15) is 17.2 Å². The zero-order chi connectivity index (χ0) is 18.6. The highest BCUT2D eigenvalue weighted by Gasteiger charge is 2.29. The van der Waals surface area contributed by atoms with Crippen molar-refractivity contribution < 1.29 is 0 Å². The zero-order valence-corrected chi connectivity index (χ0v) is 16.2. The average molecular weight is 396 g/mol. The van der Waals surface area contributed by atoms with E-state index < -0.39 is 0 Å². The molecule has 0 bridgehead atoms. The van der Waals surface area contributed by atoms with Crippen molar-refractivity contribution in [3.8, 4) is 0 Å². The van der Waals surface area contributed by atoms with Gasteiger partial charge in [0.15, 0.2) is 5.96 Å². The molecule has 136 valence electrons. The fraction of sp³-hybridized carbons (Fsp3) is 0.136. The summed E-state index contributed by atoms with van der Waals surface area (Å²) in [4.78, 5) is 7.03. The second-order valence-corrected chi connectivity index (χ2v) is 7.27. The van der Waals surface area contributed by atoms with Crippen molar-refractivity contribution in [3.63, 3.8) is 0 Å². The fourth-order valence-corrected chi connectivity index (χ4v) is 3.67. The van der Waals surface area contributed by atoms with Crippen LogP contribution in [0.3, 0.4) is 0 Å². The van der Waals surface area contributed by atoms with Crippen molar-refractivity contribution in [3.05, 3.63) is 100 Å². The molecule has 1 heterocycles. The highest BCUT2D eigenvalue weighted by atomic mass is 35.5. The van der Waals surface area contributed by atoms with Crippen molar-refractivity contribution in [2.75, 3.05) is 11.4 Å². The summed E-state index contributed by atoms with van der Waals surface area (Å²) in [5.74, 6) is 0.848. The van der Waals surface area contributed by atoms with Gasteiger partial charge < -0.3 is 10.2 Å². The summed E-state index contributed by atoms with van der Waals surface area (Å²) < 4.78 is 0. The van der Waals surface area contributed by atoms with Gasteiger partial charge in [-0.2, -0.15) is 0 Å². The first-order chi connectivity index (χ1) is 13.2. The summed E-state index contributed by atoms with van der Waals surface area (Å²) >= 11 is 12.3. The lowest BCUT2D eigenvalue weighted by Gasteiger charge is -2.17. The summed E-state index contributed by atoms with van der Waals surface area (Å²) in [5.41, 5.74) is 3.31. The van der Waals surface area contributed by atoms with E-state index in [9.17, 15) is 0 Å². The minimum atomic E-state index is 0.186. The maximum atomic E-state index is 6.31. The van der Waals surface area contributed by atoms with Gasteiger partial charge in [0, 0.05) is 15.7 Å². The summed E-state index contributed by atoms with van der Waals surface area (Å²) in [6, 6.07) is 26.4. The normalized spacial score (nSPS) is 17.9. The second-order valence-electron chi connectivity index (χ2n) is 6.43. The lowest BCUT2D eigenvalue weighted by atomic mass is 10.1. The molecule has 0 aromatic heterocycles. The third-order valence-electron chi connectivity index (χ3n) is 4.61. The Labute approximate surface area is 169 Å². The predicted molar refractivity (Wildman–Crippen MR) is 114 cm³/mol. The molecule has 0 aliphatic carbocycles. The van der Waals surface area contributed by atoms with E-state index in [4.69, 9.17) is 28.2 Å². The highest BCUT2D eigenvalue weighted by molar-refractivity contribution is 6.35. The Morgan fingerprint density at radius 1 is 0.926 bits per heavy atom. The van der Waals surface area contributed by atoms with E-state index in [1.165, 1.54) is 5.56 Å². The van der Waals surface area contributed by atoms with Crippen LogP contribution < -0.4 is 10.2 Å². The SMILES string of the molecule is Clc1ccc(CN=C2N[C@@H](c3ccccc3)CN2c2ccccc2)c(Cl)c1. The molecule has 1 atom stereocenters. The van der Waals surface area contributed by atoms with E-state index in [1.807, 2.05) is 36.4 Å². The first kappa shape index (κ1) is 17.9. The molecule has 0 amide bonds. The monoisotopic (exact) mass is 395 g/mol. The van der Waals surface area contributed by atoms with E-state index in [1.54, 1.807) is 6.07 Å². The summed E-state index contributed by atoms with van der Waals surface area (Å²) in [5, 5.41) is 4.83. The van der Waals surface area contributed by atoms with Gasteiger partial charge in [0.1, 0.15) is 0 Å². The standard InChI is InChI=1S/C22H19Cl2N3/c23-18-12-11-17(20(24)13-18)14-25-22-26-21(16-7-3-1-4-8-16)15-27(22)19-9-5-2-6-10-19/h1-13,21H,14-15H2,(H,25,26)/t21-/m1/s1. The van der Waals surface area contributed by atoms with Crippen molar-refractivity contribution in [2.24, 2.45) is 4.99 Å². The van der Waals surface area contributed by atoms with Crippen LogP contribution in [-0.4, -0.2) is 12.5 Å². The highest BCUT2D eigenvalue weighted by Crippen LogP contribution is 2.26. The van der Waals surface area contributed by atoms with Gasteiger partial charge in [-0.3, -0.25) is 0 Å². The molecular formula is C22H19Cl2N3. The number of hydrogen-bond donors (Lipinski definition) is 1. The van der Waals surface area contributed by atoms with Crippen molar-refractivity contribution in [1.29, 1.82) is 0 Å². The molecule has 5 heteroatoms. The quantitative estimate of drug-likeness (QED) is 0.613. The van der Waals surface area contributed by atoms with Crippen LogP contribution in [0.4, 0.5) is 5.69 Å². The third kappa shape index (κ3) is 4.10. The van der Waals surface area contributed by atoms with Gasteiger partial charge in [-0.25, -0.2) is 4.99 Å². The Hall–Kier alpha value is -2.49. The number of rotatable bonds is 4. The van der Waals surface area contributed by atoms with Crippen LogP contribution in [0, 0.1) is 0 Å². The smallest absolute Gasteiger partial charge is 0.199 e. The summed E-state index contributed by atoms with van der Waals surface area (Å²) in [7, 11) is 0. The summed E-state index contributed by atoms with van der Waals surface area (Å²) in [6.45, 7) is 1.31. The molecule has 0 saturated carbocycles. The number of halogens is 2. The van der Waals surface area contributed by atoms with Crippen LogP contribution in [-0.2, 0) is 6.54 Å². The minimum absolute atomic E-state index is 0.186. The first-order valence-corrected chi connectivity index (χ1v) is 9.59. The largest absolute Gasteiger partial charge is 0.347 e. The zero-order valence-electron chi connectivity index (χ0n) is 14.6. The Bertz CT molecular complexity index is 942. The molecule has 1 aliphatic rings. The van der Waals surface area contributed by atoms with Gasteiger partial charge >= 0.3 is 0 Å². The maximum Gasteiger partial charge on any atom is 0.199 e. The molecular weight excluding hydrogens is 377 g/mol. The molecule has 1 aliphatic heterocycles. The van der Waals surface area contributed by atoms with Crippen LogP contribution in [0.5, 0.6) is 0 Å². The molecule has 0 radical (unpaired) electrons. The van der Waals surface area contributed by atoms with Crippen molar-refractivity contribution in [1.82, 2.24) is 5.32 Å². The molecule has 1 saturated heterocycles. The number of anilines is 1. The molecule has 0 spiro atoms. The summed E-state index contributed by atoms with van der Waals surface area (Å²) in [6.07, 6.45) is 0. The van der Waals surface area contributed by atoms with E-state index in [0.717, 1.165) is 23.8 Å². The van der Waals surface area contributed by atoms with E-state index in [-0.39, 0.29) is 6.04 Å². The number of hydrogen-bond acceptors (Lipinski definition) is 1. The molecule has 1 fully saturated rings. The molecule has 3 nitrogen and oxygen atoms in total. The Morgan fingerprint density at radius 2 is 1.63 bits per heavy atom. The van der Waals surface area contributed by atoms with Crippen LogP contribution in [0.2, 0.25) is 10.0 Å². The number of para-hydroxylation sites is 1. The van der Waals surface area contributed by atoms with Crippen LogP contribution in [0.25, 0.3) is 0 Å². The lowest BCUT2D eigenvalue weighted by Crippen LogP contribution is -2.30. The van der Waals surface area contributed by atoms with Gasteiger partial charge in [-0.15, -0.1) is 0 Å². The molecule has 3 aromatic carbocycles. The Morgan fingerprint density at radius 3 is 2.33 bits per heavy atom. The Balaban J connectivity index is 1.63. The van der Waals surface area contributed by atoms with Crippen LogP contribution >= 0.6 is 23.2 Å². The van der Waals surface area contributed by atoms with Gasteiger partial charge in [-0.05, 0) is 35.4 Å². The van der Waals surface area contributed by atoms with Gasteiger partial charge in [0.05, 0.1) is 19.1 Å². The maximum absolute atomic E-state index is 6.31. The predicted octanol–water partition coefficient (Wildman–Crippen LogP) is 5.70. The number of guanidine groups is 1. The molecule has 3 aromatic rings. The molecule has 0 unspecified atom stereocenters. The minimum Gasteiger partial charge on any atom is -0.347 e. The van der Waals surface area contributed by atoms with E-state index in [0.29, 0.717) is 16.6 Å². The second kappa shape index (κ2) is 8.03. The van der Waals surface area contributed by atoms with Gasteiger partial charge in [0.25, 0.3) is 0 Å². The molecule has 1 N–H and O–H groups in total. The number of nitrogens with zero attached hydrogens (tertiary/aromatic N) is 2. The van der Waals surface area contributed by atoms with Crippen LogP contribution in [0.15, 0.2) is 83.9 Å². The lowest BCUT2D eigenvalue weighted by molar-refractivity contribution is 0.720. The number of benzene rings is 3. The van der Waals surface area contributed by atoms with Gasteiger partial charge in [-0.1, -0.05) is 77.8 Å². The fourth-order valence-electron chi connectivity index (χ4n) is 3.20. The van der Waals surface area contributed by atoms with E-state index >= 15 is 0 Å². The van der Waals surface area contributed by atoms with E-state index in [2.05, 4.69) is 46.6 Å². The molecule has 27 heavy (non-hydrogen) atoms. The van der Waals surface area contributed by atoms with Gasteiger partial charge in [0.2, 0.25) is 0 Å². The number of nitrogens with one attached hydrogen (secondary N) is 1. The Kier molecular flexibility index (Phi) is 5.33. The average Bonchev–Trinajstić information content (AvgIpc) is 3.13. The third-order valence-corrected chi connectivity index (χ3v) is 5.20.